The lowest BCUT2D eigenvalue weighted by Gasteiger charge is -2.27. The molecule has 21 heavy (non-hydrogen) atoms. The molecule has 3 nitrogen and oxygen atoms in total. The fourth-order valence-corrected chi connectivity index (χ4v) is 2.38. The van der Waals surface area contributed by atoms with Gasteiger partial charge in [0, 0.05) is 0 Å². The Bertz CT molecular complexity index is 495. The summed E-state index contributed by atoms with van der Waals surface area (Å²) >= 11 is 0. The van der Waals surface area contributed by atoms with Crippen molar-refractivity contribution in [1.82, 2.24) is 10.2 Å². The van der Waals surface area contributed by atoms with E-state index in [9.17, 15) is 22.4 Å². The minimum atomic E-state index is -4.21. The molecule has 7 heteroatoms. The molecule has 0 spiro atoms. The number of halogens is 4. The molecule has 1 amide bonds. The van der Waals surface area contributed by atoms with E-state index < -0.39 is 37.0 Å². The van der Waals surface area contributed by atoms with Gasteiger partial charge >= 0.3 is 12.3 Å². The summed E-state index contributed by atoms with van der Waals surface area (Å²) in [6.07, 6.45) is -4.11. The number of nitrogens with zero attached hydrogens (tertiary/aromatic N) is 1. The highest BCUT2D eigenvalue weighted by molar-refractivity contribution is 5.85. The number of hydrogen-bond donors (Lipinski definition) is 1. The van der Waals surface area contributed by atoms with Crippen LogP contribution >= 0.6 is 0 Å². The van der Waals surface area contributed by atoms with Gasteiger partial charge in [-0.05, 0) is 12.0 Å². The van der Waals surface area contributed by atoms with Crippen molar-refractivity contribution in [2.24, 2.45) is 0 Å². The van der Waals surface area contributed by atoms with Gasteiger partial charge in [0.05, 0.1) is 12.7 Å². The Labute approximate surface area is 119 Å². The Morgan fingerprint density at radius 1 is 1.29 bits per heavy atom. The van der Waals surface area contributed by atoms with E-state index in [4.69, 9.17) is 0 Å². The highest BCUT2D eigenvalue weighted by Crippen LogP contribution is 2.30. The van der Waals surface area contributed by atoms with E-state index in [2.05, 4.69) is 5.32 Å². The Morgan fingerprint density at radius 2 is 1.90 bits per heavy atom. The van der Waals surface area contributed by atoms with Crippen molar-refractivity contribution >= 4 is 5.91 Å². The van der Waals surface area contributed by atoms with Crippen LogP contribution in [-0.2, 0) is 4.79 Å². The smallest absolute Gasteiger partial charge is 0.319 e. The molecule has 1 N–H and O–H groups in total. The third-order valence-electron chi connectivity index (χ3n) is 3.49. The van der Waals surface area contributed by atoms with Crippen LogP contribution in [0, 0.1) is 0 Å². The lowest BCUT2D eigenvalue weighted by atomic mass is 10.1. The van der Waals surface area contributed by atoms with Crippen molar-refractivity contribution < 1.29 is 22.4 Å². The van der Waals surface area contributed by atoms with Gasteiger partial charge in [0.25, 0.3) is 0 Å². The predicted octanol–water partition coefficient (Wildman–Crippen LogP) is 2.80. The van der Waals surface area contributed by atoms with Crippen LogP contribution in [-0.4, -0.2) is 35.9 Å². The van der Waals surface area contributed by atoms with Gasteiger partial charge < -0.3 is 4.90 Å². The number of rotatable bonds is 5. The monoisotopic (exact) mass is 304 g/mol. The first kappa shape index (κ1) is 15.8. The van der Waals surface area contributed by atoms with Gasteiger partial charge in [-0.1, -0.05) is 37.3 Å². The summed E-state index contributed by atoms with van der Waals surface area (Å²) in [5.41, 5.74) is 0.629. The molecule has 1 saturated heterocycles. The molecule has 0 bridgehead atoms. The van der Waals surface area contributed by atoms with Crippen molar-refractivity contribution in [2.75, 3.05) is 6.54 Å². The molecule has 0 aromatic heterocycles. The molecule has 1 aromatic carbocycles. The molecule has 0 radical (unpaired) electrons. The van der Waals surface area contributed by atoms with E-state index in [-0.39, 0.29) is 0 Å². The van der Waals surface area contributed by atoms with Crippen LogP contribution in [0.4, 0.5) is 17.6 Å². The van der Waals surface area contributed by atoms with Gasteiger partial charge in [0.2, 0.25) is 5.91 Å². The van der Waals surface area contributed by atoms with Gasteiger partial charge in [0.15, 0.2) is 0 Å². The second kappa shape index (κ2) is 6.01. The Morgan fingerprint density at radius 3 is 2.43 bits per heavy atom. The first-order valence-corrected chi connectivity index (χ1v) is 6.64. The molecule has 1 aromatic rings. The average molecular weight is 304 g/mol. The normalized spacial score (nSPS) is 23.1. The maximum Gasteiger partial charge on any atom is 0.324 e. The topological polar surface area (TPSA) is 32.3 Å². The van der Waals surface area contributed by atoms with E-state index in [1.54, 1.807) is 37.3 Å². The van der Waals surface area contributed by atoms with Crippen molar-refractivity contribution in [1.29, 1.82) is 0 Å². The van der Waals surface area contributed by atoms with Gasteiger partial charge in [-0.15, -0.1) is 0 Å². The molecule has 2 rings (SSSR count). The molecule has 1 aliphatic heterocycles. The number of hydrogen-bond acceptors (Lipinski definition) is 2. The maximum atomic E-state index is 13.2. The van der Waals surface area contributed by atoms with Gasteiger partial charge in [-0.3, -0.25) is 10.1 Å². The van der Waals surface area contributed by atoms with Crippen molar-refractivity contribution in [3.05, 3.63) is 35.9 Å². The van der Waals surface area contributed by atoms with Gasteiger partial charge in [-0.25, -0.2) is 8.78 Å². The number of carbonyl (C=O) groups is 1. The minimum absolute atomic E-state index is 0.356. The van der Waals surface area contributed by atoms with Gasteiger partial charge in [0.1, 0.15) is 6.04 Å². The zero-order chi connectivity index (χ0) is 15.6. The molecule has 2 atom stereocenters. The van der Waals surface area contributed by atoms with Crippen molar-refractivity contribution in [3.8, 4) is 0 Å². The fraction of sp³-hybridized carbons (Fsp3) is 0.500. The minimum Gasteiger partial charge on any atom is -0.319 e. The molecule has 1 fully saturated rings. The van der Waals surface area contributed by atoms with Crippen LogP contribution in [0.3, 0.4) is 0 Å². The molecule has 1 aliphatic rings. The number of carbonyl (C=O) groups excluding carboxylic acids is 1. The quantitative estimate of drug-likeness (QED) is 0.848. The Hall–Kier alpha value is -1.63. The zero-order valence-electron chi connectivity index (χ0n) is 11.4. The number of alkyl halides is 4. The van der Waals surface area contributed by atoms with Gasteiger partial charge in [-0.2, -0.15) is 8.78 Å². The van der Waals surface area contributed by atoms with Crippen LogP contribution < -0.4 is 5.32 Å². The van der Waals surface area contributed by atoms with E-state index in [1.165, 1.54) is 0 Å². The molecular weight excluding hydrogens is 288 g/mol. The Kier molecular flexibility index (Phi) is 4.51. The molecule has 0 aliphatic carbocycles. The van der Waals surface area contributed by atoms with Crippen LogP contribution in [0.15, 0.2) is 30.3 Å². The summed E-state index contributed by atoms with van der Waals surface area (Å²) in [6, 6.07) is 7.82. The summed E-state index contributed by atoms with van der Waals surface area (Å²) in [5.74, 6) is -4.82. The summed E-state index contributed by atoms with van der Waals surface area (Å²) in [6.45, 7) is 0.421. The summed E-state index contributed by atoms with van der Waals surface area (Å²) < 4.78 is 51.1. The molecule has 0 saturated carbocycles. The second-order valence-corrected chi connectivity index (χ2v) is 4.96. The highest BCUT2D eigenvalue weighted by Gasteiger charge is 2.48. The highest BCUT2D eigenvalue weighted by atomic mass is 19.3. The van der Waals surface area contributed by atoms with E-state index >= 15 is 0 Å². The molecule has 116 valence electrons. The third-order valence-corrected chi connectivity index (χ3v) is 3.49. The lowest BCUT2D eigenvalue weighted by molar-refractivity contribution is -0.157. The van der Waals surface area contributed by atoms with Crippen LogP contribution in [0.2, 0.25) is 0 Å². The number of amides is 1. The Balaban J connectivity index is 2.20. The number of benzene rings is 1. The maximum absolute atomic E-state index is 13.2. The molecule has 1 heterocycles. The molecular formula is C14H16F4N2O. The molecule has 2 unspecified atom stereocenters. The first-order valence-electron chi connectivity index (χ1n) is 6.64. The lowest BCUT2D eigenvalue weighted by Crippen LogP contribution is -2.47. The number of nitrogens with one attached hydrogen (secondary N) is 1. The largest absolute Gasteiger partial charge is 0.324 e. The van der Waals surface area contributed by atoms with E-state index in [1.807, 2.05) is 0 Å². The predicted molar refractivity (Wildman–Crippen MR) is 69.1 cm³/mol. The fourth-order valence-electron chi connectivity index (χ4n) is 2.38. The SMILES string of the molecule is CCC1NC(c2ccccc2)C(=O)N1CC(F)(F)C(F)F. The summed E-state index contributed by atoms with van der Waals surface area (Å²) in [4.78, 5) is 13.1. The average Bonchev–Trinajstić information content (AvgIpc) is 2.76. The van der Waals surface area contributed by atoms with Crippen molar-refractivity contribution in [2.45, 2.75) is 37.9 Å². The standard InChI is InChI=1S/C14H16F4N2O/c1-2-10-19-11(9-6-4-3-5-7-9)12(21)20(10)8-14(17,18)13(15)16/h3-7,10-11,13,19H,2,8H2,1H3. The van der Waals surface area contributed by atoms with Crippen LogP contribution in [0.1, 0.15) is 24.9 Å². The van der Waals surface area contributed by atoms with E-state index in [0.29, 0.717) is 12.0 Å². The zero-order valence-corrected chi connectivity index (χ0v) is 11.4. The first-order chi connectivity index (χ1) is 9.86. The second-order valence-electron chi connectivity index (χ2n) is 4.96. The van der Waals surface area contributed by atoms with E-state index in [0.717, 1.165) is 4.90 Å². The van der Waals surface area contributed by atoms with Crippen LogP contribution in [0.25, 0.3) is 0 Å². The van der Waals surface area contributed by atoms with Crippen LogP contribution in [0.5, 0.6) is 0 Å². The summed E-state index contributed by atoms with van der Waals surface area (Å²) in [5, 5.41) is 2.92. The summed E-state index contributed by atoms with van der Waals surface area (Å²) in [7, 11) is 0. The third kappa shape index (κ3) is 3.18. The van der Waals surface area contributed by atoms with Crippen molar-refractivity contribution in [3.63, 3.8) is 0 Å².